The SMILES string of the molecule is O=C(CNCCc1ccccc1F)NC1CCCCCC1. The van der Waals surface area contributed by atoms with Crippen molar-refractivity contribution >= 4 is 5.91 Å². The van der Waals surface area contributed by atoms with Gasteiger partial charge in [-0.05, 0) is 37.4 Å². The summed E-state index contributed by atoms with van der Waals surface area (Å²) in [4.78, 5) is 11.9. The molecule has 0 atom stereocenters. The van der Waals surface area contributed by atoms with Gasteiger partial charge in [0.15, 0.2) is 0 Å². The summed E-state index contributed by atoms with van der Waals surface area (Å²) in [6.07, 6.45) is 7.79. The predicted octanol–water partition coefficient (Wildman–Crippen LogP) is 2.80. The van der Waals surface area contributed by atoms with E-state index in [2.05, 4.69) is 10.6 Å². The van der Waals surface area contributed by atoms with E-state index in [1.165, 1.54) is 31.7 Å². The highest BCUT2D eigenvalue weighted by Crippen LogP contribution is 2.16. The quantitative estimate of drug-likeness (QED) is 0.625. The fraction of sp³-hybridized carbons (Fsp3) is 0.588. The molecule has 2 N–H and O–H groups in total. The van der Waals surface area contributed by atoms with Gasteiger partial charge in [0, 0.05) is 6.04 Å². The van der Waals surface area contributed by atoms with Crippen LogP contribution in [0.15, 0.2) is 24.3 Å². The van der Waals surface area contributed by atoms with Crippen LogP contribution in [0.1, 0.15) is 44.1 Å². The molecule has 2 rings (SSSR count). The van der Waals surface area contributed by atoms with Crippen molar-refractivity contribution in [3.8, 4) is 0 Å². The van der Waals surface area contributed by atoms with E-state index < -0.39 is 0 Å². The molecule has 1 aliphatic carbocycles. The molecule has 0 bridgehead atoms. The smallest absolute Gasteiger partial charge is 0.234 e. The zero-order chi connectivity index (χ0) is 14.9. The highest BCUT2D eigenvalue weighted by Gasteiger charge is 2.14. The second kappa shape index (κ2) is 8.78. The number of carbonyl (C=O) groups is 1. The minimum absolute atomic E-state index is 0.0513. The third kappa shape index (κ3) is 5.84. The number of rotatable bonds is 6. The topological polar surface area (TPSA) is 41.1 Å². The molecule has 116 valence electrons. The number of halogens is 1. The van der Waals surface area contributed by atoms with Crippen LogP contribution in [0.2, 0.25) is 0 Å². The molecule has 3 nitrogen and oxygen atoms in total. The molecule has 4 heteroatoms. The first-order chi connectivity index (χ1) is 10.3. The van der Waals surface area contributed by atoms with Crippen LogP contribution in [0.3, 0.4) is 0 Å². The molecule has 1 amide bonds. The van der Waals surface area contributed by atoms with E-state index in [0.29, 0.717) is 31.1 Å². The standard InChI is InChI=1S/C17H25FN2O/c18-16-10-6-5-7-14(16)11-12-19-13-17(21)20-15-8-3-1-2-4-9-15/h5-7,10,15,19H,1-4,8-9,11-13H2,(H,20,21). The first kappa shape index (κ1) is 16.0. The van der Waals surface area contributed by atoms with Gasteiger partial charge in [-0.15, -0.1) is 0 Å². The zero-order valence-electron chi connectivity index (χ0n) is 12.5. The summed E-state index contributed by atoms with van der Waals surface area (Å²) in [5, 5.41) is 6.18. The van der Waals surface area contributed by atoms with E-state index in [0.717, 1.165) is 12.8 Å². The van der Waals surface area contributed by atoms with Crippen LogP contribution in [-0.4, -0.2) is 25.0 Å². The van der Waals surface area contributed by atoms with Crippen LogP contribution < -0.4 is 10.6 Å². The number of nitrogens with one attached hydrogen (secondary N) is 2. The molecule has 1 saturated carbocycles. The molecule has 1 aliphatic rings. The molecule has 21 heavy (non-hydrogen) atoms. The van der Waals surface area contributed by atoms with E-state index >= 15 is 0 Å². The van der Waals surface area contributed by atoms with Gasteiger partial charge in [-0.1, -0.05) is 43.9 Å². The fourth-order valence-corrected chi connectivity index (χ4v) is 2.83. The highest BCUT2D eigenvalue weighted by molar-refractivity contribution is 5.78. The van der Waals surface area contributed by atoms with Crippen molar-refractivity contribution in [2.24, 2.45) is 0 Å². The number of hydrogen-bond donors (Lipinski definition) is 2. The van der Waals surface area contributed by atoms with Gasteiger partial charge in [0.2, 0.25) is 5.91 Å². The molecule has 0 unspecified atom stereocenters. The third-order valence-electron chi connectivity index (χ3n) is 4.03. The maximum absolute atomic E-state index is 13.4. The Hall–Kier alpha value is -1.42. The van der Waals surface area contributed by atoms with Crippen LogP contribution in [0.5, 0.6) is 0 Å². The van der Waals surface area contributed by atoms with Gasteiger partial charge in [-0.25, -0.2) is 4.39 Å². The minimum atomic E-state index is -0.179. The molecule has 1 fully saturated rings. The lowest BCUT2D eigenvalue weighted by atomic mass is 10.1. The van der Waals surface area contributed by atoms with E-state index in [1.807, 2.05) is 6.07 Å². The number of amides is 1. The second-order valence-electron chi connectivity index (χ2n) is 5.77. The minimum Gasteiger partial charge on any atom is -0.352 e. The van der Waals surface area contributed by atoms with Crippen LogP contribution in [0.4, 0.5) is 4.39 Å². The first-order valence-electron chi connectivity index (χ1n) is 7.99. The monoisotopic (exact) mass is 292 g/mol. The van der Waals surface area contributed by atoms with Crippen LogP contribution in [0, 0.1) is 5.82 Å². The molecule has 0 spiro atoms. The van der Waals surface area contributed by atoms with Gasteiger partial charge in [0.25, 0.3) is 0 Å². The molecular formula is C17H25FN2O. The lowest BCUT2D eigenvalue weighted by Crippen LogP contribution is -2.40. The molecule has 0 saturated heterocycles. The van der Waals surface area contributed by atoms with Crippen molar-refractivity contribution < 1.29 is 9.18 Å². The van der Waals surface area contributed by atoms with Gasteiger partial charge in [-0.2, -0.15) is 0 Å². The van der Waals surface area contributed by atoms with Crippen molar-refractivity contribution in [2.75, 3.05) is 13.1 Å². The molecule has 0 aromatic heterocycles. The molecule has 1 aromatic rings. The van der Waals surface area contributed by atoms with Crippen LogP contribution >= 0.6 is 0 Å². The van der Waals surface area contributed by atoms with Gasteiger partial charge >= 0.3 is 0 Å². The Morgan fingerprint density at radius 2 is 1.86 bits per heavy atom. The summed E-state index contributed by atoms with van der Waals surface area (Å²) in [6.45, 7) is 0.921. The summed E-state index contributed by atoms with van der Waals surface area (Å²) in [7, 11) is 0. The van der Waals surface area contributed by atoms with E-state index in [4.69, 9.17) is 0 Å². The number of hydrogen-bond acceptors (Lipinski definition) is 2. The van der Waals surface area contributed by atoms with E-state index in [-0.39, 0.29) is 11.7 Å². The Morgan fingerprint density at radius 1 is 1.14 bits per heavy atom. The Balaban J connectivity index is 1.62. The van der Waals surface area contributed by atoms with Gasteiger partial charge in [-0.3, -0.25) is 4.79 Å². The maximum Gasteiger partial charge on any atom is 0.234 e. The molecule has 0 aliphatic heterocycles. The summed E-state index contributed by atoms with van der Waals surface area (Å²) in [6, 6.07) is 7.11. The molecular weight excluding hydrogens is 267 g/mol. The van der Waals surface area contributed by atoms with Crippen molar-refractivity contribution in [2.45, 2.75) is 51.0 Å². The average Bonchev–Trinajstić information content (AvgIpc) is 2.74. The van der Waals surface area contributed by atoms with Crippen LogP contribution in [-0.2, 0) is 11.2 Å². The summed E-state index contributed by atoms with van der Waals surface area (Å²) in [5.74, 6) is -0.127. The number of benzene rings is 1. The van der Waals surface area contributed by atoms with Gasteiger partial charge < -0.3 is 10.6 Å². The lowest BCUT2D eigenvalue weighted by Gasteiger charge is -2.16. The van der Waals surface area contributed by atoms with Crippen LogP contribution in [0.25, 0.3) is 0 Å². The average molecular weight is 292 g/mol. The summed E-state index contributed by atoms with van der Waals surface area (Å²) < 4.78 is 13.4. The summed E-state index contributed by atoms with van der Waals surface area (Å²) in [5.41, 5.74) is 0.689. The molecule has 1 aromatic carbocycles. The summed E-state index contributed by atoms with van der Waals surface area (Å²) >= 11 is 0. The first-order valence-corrected chi connectivity index (χ1v) is 7.99. The van der Waals surface area contributed by atoms with Crippen molar-refractivity contribution in [1.29, 1.82) is 0 Å². The lowest BCUT2D eigenvalue weighted by molar-refractivity contribution is -0.121. The van der Waals surface area contributed by atoms with Crippen molar-refractivity contribution in [3.63, 3.8) is 0 Å². The van der Waals surface area contributed by atoms with E-state index in [1.54, 1.807) is 12.1 Å². The third-order valence-corrected chi connectivity index (χ3v) is 4.03. The number of carbonyl (C=O) groups excluding carboxylic acids is 1. The molecule has 0 heterocycles. The Morgan fingerprint density at radius 3 is 2.57 bits per heavy atom. The largest absolute Gasteiger partial charge is 0.352 e. The highest BCUT2D eigenvalue weighted by atomic mass is 19.1. The van der Waals surface area contributed by atoms with Gasteiger partial charge in [0.1, 0.15) is 5.82 Å². The Kier molecular flexibility index (Phi) is 6.67. The predicted molar refractivity (Wildman–Crippen MR) is 82.6 cm³/mol. The molecule has 0 radical (unpaired) electrons. The van der Waals surface area contributed by atoms with E-state index in [9.17, 15) is 9.18 Å². The van der Waals surface area contributed by atoms with Crippen molar-refractivity contribution in [1.82, 2.24) is 10.6 Å². The fourth-order valence-electron chi connectivity index (χ4n) is 2.83. The normalized spacial score (nSPS) is 16.4. The maximum atomic E-state index is 13.4. The Labute approximate surface area is 126 Å². The zero-order valence-corrected chi connectivity index (χ0v) is 12.5. The van der Waals surface area contributed by atoms with Gasteiger partial charge in [0.05, 0.1) is 6.54 Å². The second-order valence-corrected chi connectivity index (χ2v) is 5.77. The Bertz CT molecular complexity index is 442. The van der Waals surface area contributed by atoms with Crippen molar-refractivity contribution in [3.05, 3.63) is 35.6 Å².